The molecule has 0 aromatic heterocycles. The third-order valence-electron chi connectivity index (χ3n) is 2.77. The molecule has 4 heteroatoms. The molecule has 0 fully saturated rings. The molecular weight excluding hydrogens is 231 g/mol. The van der Waals surface area contributed by atoms with Crippen molar-refractivity contribution in [2.45, 2.75) is 26.2 Å². The van der Waals surface area contributed by atoms with Crippen LogP contribution in [-0.2, 0) is 4.79 Å². The zero-order valence-electron chi connectivity index (χ0n) is 10.9. The molecule has 3 N–H and O–H groups in total. The Kier molecular flexibility index (Phi) is 5.78. The van der Waals surface area contributed by atoms with Crippen LogP contribution in [0.5, 0.6) is 0 Å². The Morgan fingerprint density at radius 2 is 1.94 bits per heavy atom. The summed E-state index contributed by atoms with van der Waals surface area (Å²) in [6.07, 6.45) is 0.342. The predicted octanol–water partition coefficient (Wildman–Crippen LogP) is 2.03. The number of benzene rings is 1. The van der Waals surface area contributed by atoms with E-state index in [9.17, 15) is 9.18 Å². The van der Waals surface area contributed by atoms with Gasteiger partial charge >= 0.3 is 0 Å². The van der Waals surface area contributed by atoms with Crippen molar-refractivity contribution in [3.63, 3.8) is 0 Å². The van der Waals surface area contributed by atoms with Crippen molar-refractivity contribution in [3.8, 4) is 0 Å². The third kappa shape index (κ3) is 4.84. The number of nitrogens with two attached hydrogens (primary N) is 1. The molecule has 3 nitrogen and oxygen atoms in total. The SMILES string of the molecule is CC(C)CNC(=O)CC(CN)c1ccc(F)cc1. The van der Waals surface area contributed by atoms with Crippen molar-refractivity contribution in [2.75, 3.05) is 13.1 Å². The summed E-state index contributed by atoms with van der Waals surface area (Å²) in [5.74, 6) is 0.0797. The number of hydrogen-bond acceptors (Lipinski definition) is 2. The number of amides is 1. The van der Waals surface area contributed by atoms with Gasteiger partial charge in [0, 0.05) is 18.9 Å². The molecule has 1 aromatic rings. The molecule has 0 saturated heterocycles. The maximum atomic E-state index is 12.8. The van der Waals surface area contributed by atoms with Crippen molar-refractivity contribution < 1.29 is 9.18 Å². The summed E-state index contributed by atoms with van der Waals surface area (Å²) in [7, 11) is 0. The molecule has 1 rings (SSSR count). The minimum Gasteiger partial charge on any atom is -0.356 e. The number of nitrogens with one attached hydrogen (secondary N) is 1. The maximum Gasteiger partial charge on any atom is 0.220 e. The summed E-state index contributed by atoms with van der Waals surface area (Å²) in [4.78, 5) is 11.7. The molecule has 0 bridgehead atoms. The van der Waals surface area contributed by atoms with Crippen LogP contribution >= 0.6 is 0 Å². The Labute approximate surface area is 108 Å². The largest absolute Gasteiger partial charge is 0.356 e. The lowest BCUT2D eigenvalue weighted by Gasteiger charge is -2.15. The van der Waals surface area contributed by atoms with Crippen LogP contribution in [0.4, 0.5) is 4.39 Å². The Morgan fingerprint density at radius 3 is 2.44 bits per heavy atom. The fraction of sp³-hybridized carbons (Fsp3) is 0.500. The summed E-state index contributed by atoms with van der Waals surface area (Å²) in [5, 5.41) is 2.86. The highest BCUT2D eigenvalue weighted by molar-refractivity contribution is 5.76. The molecule has 1 aromatic carbocycles. The molecule has 0 spiro atoms. The molecular formula is C14H21FN2O. The van der Waals surface area contributed by atoms with Crippen molar-refractivity contribution >= 4 is 5.91 Å². The fourth-order valence-electron chi connectivity index (χ4n) is 1.69. The summed E-state index contributed by atoms with van der Waals surface area (Å²) < 4.78 is 12.8. The number of carbonyl (C=O) groups excluding carboxylic acids is 1. The van der Waals surface area contributed by atoms with Crippen LogP contribution in [0.1, 0.15) is 31.7 Å². The van der Waals surface area contributed by atoms with E-state index < -0.39 is 0 Å². The lowest BCUT2D eigenvalue weighted by Crippen LogP contribution is -2.30. The number of hydrogen-bond donors (Lipinski definition) is 2. The number of carbonyl (C=O) groups is 1. The smallest absolute Gasteiger partial charge is 0.220 e. The highest BCUT2D eigenvalue weighted by Crippen LogP contribution is 2.18. The lowest BCUT2D eigenvalue weighted by molar-refractivity contribution is -0.121. The first-order chi connectivity index (χ1) is 8.52. The van der Waals surface area contributed by atoms with Gasteiger partial charge in [-0.2, -0.15) is 0 Å². The van der Waals surface area contributed by atoms with E-state index in [1.807, 2.05) is 13.8 Å². The second kappa shape index (κ2) is 7.11. The van der Waals surface area contributed by atoms with Gasteiger partial charge in [0.05, 0.1) is 0 Å². The zero-order valence-corrected chi connectivity index (χ0v) is 10.9. The maximum absolute atomic E-state index is 12.8. The molecule has 0 radical (unpaired) electrons. The molecule has 0 aliphatic rings. The van der Waals surface area contributed by atoms with Gasteiger partial charge in [-0.1, -0.05) is 26.0 Å². The summed E-state index contributed by atoms with van der Waals surface area (Å²) in [6.45, 7) is 5.13. The number of rotatable bonds is 6. The van der Waals surface area contributed by atoms with E-state index in [-0.39, 0.29) is 17.6 Å². The molecule has 0 aliphatic heterocycles. The van der Waals surface area contributed by atoms with Gasteiger partial charge in [-0.05, 0) is 30.2 Å². The van der Waals surface area contributed by atoms with E-state index in [1.165, 1.54) is 12.1 Å². The van der Waals surface area contributed by atoms with Gasteiger partial charge in [0.1, 0.15) is 5.82 Å². The third-order valence-corrected chi connectivity index (χ3v) is 2.77. The van der Waals surface area contributed by atoms with Crippen LogP contribution in [0.2, 0.25) is 0 Å². The van der Waals surface area contributed by atoms with E-state index in [1.54, 1.807) is 12.1 Å². The summed E-state index contributed by atoms with van der Waals surface area (Å²) in [6, 6.07) is 6.15. The monoisotopic (exact) mass is 252 g/mol. The van der Waals surface area contributed by atoms with Gasteiger partial charge in [0.25, 0.3) is 0 Å². The van der Waals surface area contributed by atoms with Crippen LogP contribution in [0, 0.1) is 11.7 Å². The average molecular weight is 252 g/mol. The molecule has 1 unspecified atom stereocenters. The topological polar surface area (TPSA) is 55.1 Å². The van der Waals surface area contributed by atoms with Crippen LogP contribution in [0.3, 0.4) is 0 Å². The Bertz CT molecular complexity index is 376. The Hall–Kier alpha value is -1.42. The van der Waals surface area contributed by atoms with Crippen molar-refractivity contribution in [1.82, 2.24) is 5.32 Å². The van der Waals surface area contributed by atoms with E-state index in [2.05, 4.69) is 5.32 Å². The quantitative estimate of drug-likeness (QED) is 0.814. The predicted molar refractivity (Wildman–Crippen MR) is 70.7 cm³/mol. The van der Waals surface area contributed by atoms with E-state index in [0.29, 0.717) is 25.4 Å². The molecule has 0 heterocycles. The first-order valence-electron chi connectivity index (χ1n) is 6.25. The first kappa shape index (κ1) is 14.6. The molecule has 1 atom stereocenters. The van der Waals surface area contributed by atoms with Crippen LogP contribution < -0.4 is 11.1 Å². The molecule has 18 heavy (non-hydrogen) atoms. The van der Waals surface area contributed by atoms with Crippen molar-refractivity contribution in [2.24, 2.45) is 11.7 Å². The van der Waals surface area contributed by atoms with Gasteiger partial charge < -0.3 is 11.1 Å². The highest BCUT2D eigenvalue weighted by Gasteiger charge is 2.14. The lowest BCUT2D eigenvalue weighted by atomic mass is 9.95. The van der Waals surface area contributed by atoms with E-state index in [4.69, 9.17) is 5.73 Å². The highest BCUT2D eigenvalue weighted by atomic mass is 19.1. The first-order valence-corrected chi connectivity index (χ1v) is 6.25. The normalized spacial score (nSPS) is 12.5. The van der Waals surface area contributed by atoms with Crippen molar-refractivity contribution in [1.29, 1.82) is 0 Å². The molecule has 100 valence electrons. The second-order valence-corrected chi connectivity index (χ2v) is 4.89. The fourth-order valence-corrected chi connectivity index (χ4v) is 1.69. The Balaban J connectivity index is 2.56. The summed E-state index contributed by atoms with van der Waals surface area (Å²) in [5.41, 5.74) is 6.57. The minimum absolute atomic E-state index is 0.0107. The van der Waals surface area contributed by atoms with Gasteiger partial charge in [0.15, 0.2) is 0 Å². The van der Waals surface area contributed by atoms with Crippen molar-refractivity contribution in [3.05, 3.63) is 35.6 Å². The van der Waals surface area contributed by atoms with Crippen LogP contribution in [0.25, 0.3) is 0 Å². The van der Waals surface area contributed by atoms with Gasteiger partial charge in [-0.15, -0.1) is 0 Å². The minimum atomic E-state index is -0.279. The van der Waals surface area contributed by atoms with Gasteiger partial charge in [0.2, 0.25) is 5.91 Å². The van der Waals surface area contributed by atoms with Crippen LogP contribution in [-0.4, -0.2) is 19.0 Å². The second-order valence-electron chi connectivity index (χ2n) is 4.89. The number of halogens is 1. The zero-order chi connectivity index (χ0) is 13.5. The van der Waals surface area contributed by atoms with Gasteiger partial charge in [-0.3, -0.25) is 4.79 Å². The standard InChI is InChI=1S/C14H21FN2O/c1-10(2)9-17-14(18)7-12(8-16)11-3-5-13(15)6-4-11/h3-6,10,12H,7-9,16H2,1-2H3,(H,17,18). The molecule has 0 saturated carbocycles. The van der Waals surface area contributed by atoms with Crippen LogP contribution in [0.15, 0.2) is 24.3 Å². The summed E-state index contributed by atoms with van der Waals surface area (Å²) >= 11 is 0. The van der Waals surface area contributed by atoms with E-state index in [0.717, 1.165) is 5.56 Å². The molecule has 1 amide bonds. The van der Waals surface area contributed by atoms with E-state index >= 15 is 0 Å². The van der Waals surface area contributed by atoms with Gasteiger partial charge in [-0.25, -0.2) is 4.39 Å². The molecule has 0 aliphatic carbocycles. The average Bonchev–Trinajstić information content (AvgIpc) is 2.34. The Morgan fingerprint density at radius 1 is 1.33 bits per heavy atom.